The first-order valence-electron chi connectivity index (χ1n) is 7.02. The number of benzene rings is 1. The molecule has 2 N–H and O–H groups in total. The minimum absolute atomic E-state index is 0.0315. The van der Waals surface area contributed by atoms with E-state index in [0.29, 0.717) is 25.3 Å². The third kappa shape index (κ3) is 7.33. The highest BCUT2D eigenvalue weighted by molar-refractivity contribution is 5.76. The maximum absolute atomic E-state index is 11.7. The van der Waals surface area contributed by atoms with Gasteiger partial charge in [-0.05, 0) is 26.8 Å². The number of amides is 1. The first-order valence-corrected chi connectivity index (χ1v) is 7.02. The third-order valence-corrected chi connectivity index (χ3v) is 2.62. The van der Waals surface area contributed by atoms with E-state index in [1.807, 2.05) is 51.1 Å². The van der Waals surface area contributed by atoms with Gasteiger partial charge in [-0.25, -0.2) is 0 Å². The lowest BCUT2D eigenvalue weighted by molar-refractivity contribution is -0.122. The first-order chi connectivity index (χ1) is 9.92. The molecule has 5 nitrogen and oxygen atoms in total. The molecule has 0 bridgehead atoms. The van der Waals surface area contributed by atoms with E-state index in [0.717, 1.165) is 5.56 Å². The Kier molecular flexibility index (Phi) is 6.70. The van der Waals surface area contributed by atoms with Crippen LogP contribution < -0.4 is 15.4 Å². The highest BCUT2D eigenvalue weighted by Crippen LogP contribution is 2.17. The summed E-state index contributed by atoms with van der Waals surface area (Å²) >= 11 is 0. The number of carbonyl (C=O) groups excluding carboxylic acids is 1. The van der Waals surface area contributed by atoms with Gasteiger partial charge in [0.25, 0.3) is 0 Å². The van der Waals surface area contributed by atoms with Gasteiger partial charge in [0, 0.05) is 30.6 Å². The number of para-hydroxylation sites is 1. The quantitative estimate of drug-likeness (QED) is 0.753. The van der Waals surface area contributed by atoms with Gasteiger partial charge in [0.2, 0.25) is 5.91 Å². The standard InChI is InChI=1S/C16H23N3O2/c1-16(2,3)19-15(20)8-10-18-12-13-6-4-5-7-14(13)21-11-9-17/h4-7,18H,8,10-12H2,1-3H3,(H,19,20). The van der Waals surface area contributed by atoms with Crippen molar-refractivity contribution in [2.75, 3.05) is 13.2 Å². The Hall–Kier alpha value is -2.06. The minimum Gasteiger partial charge on any atom is -0.478 e. The lowest BCUT2D eigenvalue weighted by Crippen LogP contribution is -2.41. The second kappa shape index (κ2) is 8.28. The van der Waals surface area contributed by atoms with E-state index < -0.39 is 0 Å². The number of ether oxygens (including phenoxy) is 1. The van der Waals surface area contributed by atoms with Gasteiger partial charge in [-0.15, -0.1) is 0 Å². The molecular weight excluding hydrogens is 266 g/mol. The maximum Gasteiger partial charge on any atom is 0.221 e. The predicted molar refractivity (Wildman–Crippen MR) is 81.8 cm³/mol. The summed E-state index contributed by atoms with van der Waals surface area (Å²) in [6.07, 6.45) is 0.429. The topological polar surface area (TPSA) is 74.2 Å². The molecule has 0 fully saturated rings. The Morgan fingerprint density at radius 2 is 2.05 bits per heavy atom. The summed E-state index contributed by atoms with van der Waals surface area (Å²) in [6.45, 7) is 7.10. The van der Waals surface area contributed by atoms with Crippen LogP contribution in [0.4, 0.5) is 0 Å². The van der Waals surface area contributed by atoms with E-state index in [4.69, 9.17) is 10.00 Å². The van der Waals surface area contributed by atoms with Crippen molar-refractivity contribution in [1.29, 1.82) is 5.26 Å². The second-order valence-electron chi connectivity index (χ2n) is 5.78. The van der Waals surface area contributed by atoms with Gasteiger partial charge in [-0.2, -0.15) is 5.26 Å². The molecule has 1 rings (SSSR count). The summed E-state index contributed by atoms with van der Waals surface area (Å²) < 4.78 is 5.35. The zero-order valence-corrected chi connectivity index (χ0v) is 12.9. The predicted octanol–water partition coefficient (Wildman–Crippen LogP) is 1.98. The van der Waals surface area contributed by atoms with Gasteiger partial charge in [-0.3, -0.25) is 4.79 Å². The van der Waals surface area contributed by atoms with Crippen LogP contribution in [0.15, 0.2) is 24.3 Å². The van der Waals surface area contributed by atoms with Crippen LogP contribution in [-0.4, -0.2) is 24.6 Å². The Morgan fingerprint density at radius 1 is 1.33 bits per heavy atom. The van der Waals surface area contributed by atoms with Gasteiger partial charge >= 0.3 is 0 Å². The molecule has 1 aromatic carbocycles. The maximum atomic E-state index is 11.7. The number of hydrogen-bond acceptors (Lipinski definition) is 4. The number of carbonyl (C=O) groups is 1. The van der Waals surface area contributed by atoms with Gasteiger partial charge in [-0.1, -0.05) is 18.2 Å². The number of rotatable bonds is 7. The molecule has 0 heterocycles. The largest absolute Gasteiger partial charge is 0.478 e. The Morgan fingerprint density at radius 3 is 2.71 bits per heavy atom. The normalized spacial score (nSPS) is 10.8. The molecule has 114 valence electrons. The average molecular weight is 289 g/mol. The average Bonchev–Trinajstić information content (AvgIpc) is 2.40. The monoisotopic (exact) mass is 289 g/mol. The molecule has 0 spiro atoms. The molecule has 21 heavy (non-hydrogen) atoms. The molecule has 1 aromatic rings. The zero-order valence-electron chi connectivity index (χ0n) is 12.9. The summed E-state index contributed by atoms with van der Waals surface area (Å²) in [5.41, 5.74) is 0.776. The van der Waals surface area contributed by atoms with Gasteiger partial charge in [0.05, 0.1) is 0 Å². The molecule has 0 unspecified atom stereocenters. The molecule has 0 aromatic heterocycles. The van der Waals surface area contributed by atoms with Crippen LogP contribution in [0.2, 0.25) is 0 Å². The smallest absolute Gasteiger partial charge is 0.221 e. The van der Waals surface area contributed by atoms with Crippen molar-refractivity contribution in [3.05, 3.63) is 29.8 Å². The lowest BCUT2D eigenvalue weighted by Gasteiger charge is -2.20. The minimum atomic E-state index is -0.200. The SMILES string of the molecule is CC(C)(C)NC(=O)CCNCc1ccccc1OCC#N. The van der Waals surface area contributed by atoms with Crippen LogP contribution in [0.25, 0.3) is 0 Å². The summed E-state index contributed by atoms with van der Waals surface area (Å²) in [6, 6.07) is 9.51. The number of nitriles is 1. The fraction of sp³-hybridized carbons (Fsp3) is 0.500. The van der Waals surface area contributed by atoms with E-state index >= 15 is 0 Å². The molecule has 0 aliphatic rings. The van der Waals surface area contributed by atoms with Crippen molar-refractivity contribution in [3.8, 4) is 11.8 Å². The van der Waals surface area contributed by atoms with Crippen LogP contribution in [0, 0.1) is 11.3 Å². The van der Waals surface area contributed by atoms with E-state index in [2.05, 4.69) is 10.6 Å². The zero-order chi connectivity index (χ0) is 15.7. The first kappa shape index (κ1) is 17.0. The number of nitrogens with one attached hydrogen (secondary N) is 2. The van der Waals surface area contributed by atoms with Crippen molar-refractivity contribution >= 4 is 5.91 Å². The van der Waals surface area contributed by atoms with Crippen molar-refractivity contribution < 1.29 is 9.53 Å². The van der Waals surface area contributed by atoms with Crippen molar-refractivity contribution in [2.24, 2.45) is 0 Å². The summed E-state index contributed by atoms with van der Waals surface area (Å²) in [5, 5.41) is 14.7. The highest BCUT2D eigenvalue weighted by atomic mass is 16.5. The van der Waals surface area contributed by atoms with Gasteiger partial charge in [0.15, 0.2) is 6.61 Å². The van der Waals surface area contributed by atoms with Gasteiger partial charge in [0.1, 0.15) is 11.8 Å². The lowest BCUT2D eigenvalue weighted by atomic mass is 10.1. The van der Waals surface area contributed by atoms with Crippen LogP contribution in [0.5, 0.6) is 5.75 Å². The molecule has 1 amide bonds. The van der Waals surface area contributed by atoms with Crippen LogP contribution >= 0.6 is 0 Å². The summed E-state index contributed by atoms with van der Waals surface area (Å²) in [5.74, 6) is 0.731. The molecule has 0 saturated carbocycles. The van der Waals surface area contributed by atoms with Crippen molar-refractivity contribution in [1.82, 2.24) is 10.6 Å². The Labute approximate surface area is 126 Å². The van der Waals surface area contributed by atoms with Crippen LogP contribution in [-0.2, 0) is 11.3 Å². The molecule has 0 atom stereocenters. The molecule has 5 heteroatoms. The van der Waals surface area contributed by atoms with Crippen molar-refractivity contribution in [2.45, 2.75) is 39.3 Å². The Bertz CT molecular complexity index is 501. The second-order valence-corrected chi connectivity index (χ2v) is 5.78. The molecule has 0 saturated heterocycles. The van der Waals surface area contributed by atoms with Gasteiger partial charge < -0.3 is 15.4 Å². The van der Waals surface area contributed by atoms with Crippen LogP contribution in [0.1, 0.15) is 32.8 Å². The fourth-order valence-electron chi connectivity index (χ4n) is 1.81. The number of nitrogens with zero attached hydrogens (tertiary/aromatic N) is 1. The summed E-state index contributed by atoms with van der Waals surface area (Å²) in [7, 11) is 0. The molecular formula is C16H23N3O2. The molecule has 0 radical (unpaired) electrons. The van der Waals surface area contributed by atoms with E-state index in [-0.39, 0.29) is 18.1 Å². The van der Waals surface area contributed by atoms with E-state index in [1.54, 1.807) is 0 Å². The highest BCUT2D eigenvalue weighted by Gasteiger charge is 2.12. The molecule has 0 aliphatic heterocycles. The van der Waals surface area contributed by atoms with Crippen molar-refractivity contribution in [3.63, 3.8) is 0 Å². The third-order valence-electron chi connectivity index (χ3n) is 2.62. The fourth-order valence-corrected chi connectivity index (χ4v) is 1.81. The van der Waals surface area contributed by atoms with E-state index in [1.165, 1.54) is 0 Å². The van der Waals surface area contributed by atoms with E-state index in [9.17, 15) is 4.79 Å². The summed E-state index contributed by atoms with van der Waals surface area (Å²) in [4.78, 5) is 11.7. The van der Waals surface area contributed by atoms with Crippen LogP contribution in [0.3, 0.4) is 0 Å². The Balaban J connectivity index is 2.36. The molecule has 0 aliphatic carbocycles. The number of hydrogen-bond donors (Lipinski definition) is 2.